The molecule has 1 N–H and O–H groups in total. The fourth-order valence-electron chi connectivity index (χ4n) is 8.85. The second kappa shape index (κ2) is 11.1. The molecular formula is C49H31N5. The highest BCUT2D eigenvalue weighted by molar-refractivity contribution is 6.26. The van der Waals surface area contributed by atoms with Crippen LogP contribution < -0.4 is 5.32 Å². The van der Waals surface area contributed by atoms with Crippen molar-refractivity contribution in [1.29, 1.82) is 0 Å². The van der Waals surface area contributed by atoms with E-state index in [1.54, 1.807) is 0 Å². The van der Waals surface area contributed by atoms with Crippen molar-refractivity contribution in [1.82, 2.24) is 14.1 Å². The zero-order valence-corrected chi connectivity index (χ0v) is 29.1. The topological polar surface area (TPSA) is 45.6 Å². The first kappa shape index (κ1) is 29.3. The van der Waals surface area contributed by atoms with Gasteiger partial charge in [-0.1, -0.05) is 133 Å². The molecule has 4 heterocycles. The van der Waals surface area contributed by atoms with E-state index in [2.05, 4.69) is 184 Å². The van der Waals surface area contributed by atoms with Crippen LogP contribution in [-0.4, -0.2) is 20.5 Å². The Kier molecular flexibility index (Phi) is 6.05. The second-order valence-electron chi connectivity index (χ2n) is 14.2. The summed E-state index contributed by atoms with van der Waals surface area (Å²) in [5.74, 6) is 1.50. The van der Waals surface area contributed by atoms with Gasteiger partial charge in [-0.2, -0.15) is 0 Å². The van der Waals surface area contributed by atoms with Crippen LogP contribution in [0.4, 0.5) is 0 Å². The van der Waals surface area contributed by atoms with Gasteiger partial charge in [0, 0.05) is 43.4 Å². The minimum absolute atomic E-state index is 0.314. The van der Waals surface area contributed by atoms with Gasteiger partial charge in [-0.05, 0) is 58.8 Å². The van der Waals surface area contributed by atoms with E-state index in [9.17, 15) is 0 Å². The zero-order chi connectivity index (χ0) is 35.3. The number of nitrogens with one attached hydrogen (secondary N) is 1. The van der Waals surface area contributed by atoms with E-state index in [1.165, 1.54) is 54.4 Å². The zero-order valence-electron chi connectivity index (χ0n) is 29.1. The van der Waals surface area contributed by atoms with Gasteiger partial charge in [0.2, 0.25) is 0 Å². The molecule has 252 valence electrons. The summed E-state index contributed by atoms with van der Waals surface area (Å²) in [7, 11) is 0. The molecule has 1 aliphatic rings. The SMILES string of the molecule is c1ccc(C2=NC(c3ccc4c(c3)c3ccccc3n3c5ccccc5c5ccc6c7ccccc7n4c6c53)=NC(c3ccc4ccccc4c3)N2)cc1. The van der Waals surface area contributed by atoms with Crippen molar-refractivity contribution < 1.29 is 0 Å². The minimum atomic E-state index is -0.314. The number of hydrogen-bond acceptors (Lipinski definition) is 3. The molecule has 5 nitrogen and oxygen atoms in total. The summed E-state index contributed by atoms with van der Waals surface area (Å²) in [5.41, 5.74) is 10.2. The van der Waals surface area contributed by atoms with Crippen molar-refractivity contribution in [2.75, 3.05) is 0 Å². The van der Waals surface area contributed by atoms with Crippen LogP contribution in [0.25, 0.3) is 76.2 Å². The molecule has 1 unspecified atom stereocenters. The number of aliphatic imine (C=N–C) groups is 2. The average molecular weight is 690 g/mol. The van der Waals surface area contributed by atoms with Crippen molar-refractivity contribution in [3.8, 4) is 0 Å². The van der Waals surface area contributed by atoms with Crippen LogP contribution in [0.1, 0.15) is 22.9 Å². The van der Waals surface area contributed by atoms with Crippen molar-refractivity contribution >= 4 is 87.9 Å². The number of hydrogen-bond donors (Lipinski definition) is 1. The van der Waals surface area contributed by atoms with Gasteiger partial charge in [-0.25, -0.2) is 9.98 Å². The molecule has 0 aliphatic carbocycles. The maximum absolute atomic E-state index is 5.34. The van der Waals surface area contributed by atoms with Crippen molar-refractivity contribution in [2.45, 2.75) is 6.17 Å². The highest BCUT2D eigenvalue weighted by atomic mass is 15.2. The van der Waals surface area contributed by atoms with Gasteiger partial charge in [-0.15, -0.1) is 0 Å². The largest absolute Gasteiger partial charge is 0.344 e. The molecule has 5 heteroatoms. The molecule has 1 atom stereocenters. The fraction of sp³-hybridized carbons (Fsp3) is 0.0204. The van der Waals surface area contributed by atoms with Gasteiger partial charge in [0.1, 0.15) is 12.0 Å². The molecule has 8 aromatic carbocycles. The third-order valence-electron chi connectivity index (χ3n) is 11.3. The molecule has 0 amide bonds. The van der Waals surface area contributed by atoms with E-state index in [0.717, 1.165) is 44.3 Å². The minimum Gasteiger partial charge on any atom is -0.344 e. The number of fused-ring (bicyclic) bond motifs is 12. The molecule has 54 heavy (non-hydrogen) atoms. The highest BCUT2D eigenvalue weighted by Crippen LogP contribution is 2.41. The lowest BCUT2D eigenvalue weighted by atomic mass is 10.0. The van der Waals surface area contributed by atoms with E-state index >= 15 is 0 Å². The van der Waals surface area contributed by atoms with Gasteiger partial charge >= 0.3 is 0 Å². The summed E-state index contributed by atoms with van der Waals surface area (Å²) in [6, 6.07) is 63.2. The van der Waals surface area contributed by atoms with Gasteiger partial charge < -0.3 is 14.1 Å². The number of benzene rings is 8. The molecule has 12 rings (SSSR count). The quantitative estimate of drug-likeness (QED) is 0.197. The van der Waals surface area contributed by atoms with E-state index in [4.69, 9.17) is 9.98 Å². The lowest BCUT2D eigenvalue weighted by molar-refractivity contribution is 0.675. The van der Waals surface area contributed by atoms with Crippen LogP contribution >= 0.6 is 0 Å². The summed E-state index contributed by atoms with van der Waals surface area (Å²) >= 11 is 0. The van der Waals surface area contributed by atoms with Crippen molar-refractivity contribution in [3.63, 3.8) is 0 Å². The fourth-order valence-corrected chi connectivity index (χ4v) is 8.85. The molecule has 0 spiro atoms. The molecule has 3 aromatic heterocycles. The first-order chi connectivity index (χ1) is 26.8. The number of rotatable bonds is 3. The highest BCUT2D eigenvalue weighted by Gasteiger charge is 2.23. The van der Waals surface area contributed by atoms with E-state index in [-0.39, 0.29) is 6.17 Å². The Balaban J connectivity index is 1.20. The molecule has 0 radical (unpaired) electrons. The van der Waals surface area contributed by atoms with E-state index < -0.39 is 0 Å². The van der Waals surface area contributed by atoms with Gasteiger partial charge in [0.05, 0.1) is 33.1 Å². The summed E-state index contributed by atoms with van der Waals surface area (Å²) in [4.78, 5) is 10.6. The third kappa shape index (κ3) is 4.15. The molecule has 1 aliphatic heterocycles. The summed E-state index contributed by atoms with van der Waals surface area (Å²) in [6.45, 7) is 0. The van der Waals surface area contributed by atoms with Crippen LogP contribution in [0.15, 0.2) is 186 Å². The smallest absolute Gasteiger partial charge is 0.159 e. The standard InChI is InChI=1S/C49H31N5/c1-2-13-31(14-3-1)47-50-48(33-23-22-30-12-4-5-15-32(30)28-33)52-49(51-47)34-24-27-44-40(29-34)37-18-8-11-21-43(37)53-41-19-9-6-16-35(41)38-25-26-39-36-17-7-10-20-42(36)54(44)46(39)45(38)53/h1-29,48H,(H,50,51,52). The molecule has 0 fully saturated rings. The maximum atomic E-state index is 5.34. The summed E-state index contributed by atoms with van der Waals surface area (Å²) in [5, 5.41) is 13.3. The average Bonchev–Trinajstić information content (AvgIpc) is 3.76. The monoisotopic (exact) mass is 689 g/mol. The van der Waals surface area contributed by atoms with Crippen molar-refractivity contribution in [2.24, 2.45) is 9.98 Å². The first-order valence-electron chi connectivity index (χ1n) is 18.5. The number of aromatic nitrogens is 2. The number of nitrogens with zero attached hydrogens (tertiary/aromatic N) is 4. The van der Waals surface area contributed by atoms with E-state index in [0.29, 0.717) is 5.84 Å². The van der Waals surface area contributed by atoms with Gasteiger partial charge in [0.15, 0.2) is 5.84 Å². The lowest BCUT2D eigenvalue weighted by Gasteiger charge is -2.24. The molecule has 0 bridgehead atoms. The van der Waals surface area contributed by atoms with E-state index in [1.807, 2.05) is 6.07 Å². The van der Waals surface area contributed by atoms with Crippen molar-refractivity contribution in [3.05, 3.63) is 193 Å². The Bertz CT molecular complexity index is 3420. The number of para-hydroxylation sites is 3. The Morgan fingerprint density at radius 1 is 0.407 bits per heavy atom. The summed E-state index contributed by atoms with van der Waals surface area (Å²) < 4.78 is 4.97. The van der Waals surface area contributed by atoms with Gasteiger partial charge in [-0.3, -0.25) is 0 Å². The Hall–Kier alpha value is -7.24. The molecule has 0 saturated heterocycles. The first-order valence-corrected chi connectivity index (χ1v) is 18.5. The predicted molar refractivity (Wildman–Crippen MR) is 225 cm³/mol. The Morgan fingerprint density at radius 3 is 1.63 bits per heavy atom. The normalized spacial score (nSPS) is 14.9. The number of amidine groups is 2. The van der Waals surface area contributed by atoms with Crippen LogP contribution in [0.5, 0.6) is 0 Å². The van der Waals surface area contributed by atoms with Crippen LogP contribution in [-0.2, 0) is 0 Å². The Morgan fingerprint density at radius 2 is 0.963 bits per heavy atom. The van der Waals surface area contributed by atoms with Gasteiger partial charge in [0.25, 0.3) is 0 Å². The predicted octanol–water partition coefficient (Wildman–Crippen LogP) is 11.6. The van der Waals surface area contributed by atoms with Crippen LogP contribution in [0, 0.1) is 0 Å². The Labute approximate surface area is 309 Å². The third-order valence-corrected chi connectivity index (χ3v) is 11.3. The second-order valence-corrected chi connectivity index (χ2v) is 14.2. The van der Waals surface area contributed by atoms with Crippen LogP contribution in [0.2, 0.25) is 0 Å². The maximum Gasteiger partial charge on any atom is 0.159 e. The summed E-state index contributed by atoms with van der Waals surface area (Å²) in [6.07, 6.45) is -0.314. The lowest BCUT2D eigenvalue weighted by Crippen LogP contribution is -2.33. The molecular weight excluding hydrogens is 659 g/mol. The van der Waals surface area contributed by atoms with Crippen LogP contribution in [0.3, 0.4) is 0 Å². The molecule has 0 saturated carbocycles. The molecule has 11 aromatic rings.